The first-order valence-corrected chi connectivity index (χ1v) is 10.8. The zero-order chi connectivity index (χ0) is 23.2. The van der Waals surface area contributed by atoms with E-state index in [0.29, 0.717) is 15.1 Å². The first-order chi connectivity index (χ1) is 15.7. The molecule has 0 N–H and O–H groups in total. The summed E-state index contributed by atoms with van der Waals surface area (Å²) in [6, 6.07) is 18.2. The Kier molecular flexibility index (Phi) is 2.79. The molecule has 0 nitrogen and oxygen atoms in total. The highest BCUT2D eigenvalue weighted by Crippen LogP contribution is 2.53. The smallest absolute Gasteiger partial charge is 0.0638 e. The van der Waals surface area contributed by atoms with E-state index in [4.69, 9.17) is 17.1 Å². The van der Waals surface area contributed by atoms with Gasteiger partial charge < -0.3 is 0 Å². The second kappa shape index (κ2) is 5.95. The van der Waals surface area contributed by atoms with Gasteiger partial charge in [0, 0.05) is 36.2 Å². The fraction of sp³-hybridized carbons (Fsp3) is 0.111. The molecular formula is C27H19ClS. The van der Waals surface area contributed by atoms with Crippen molar-refractivity contribution >= 4 is 43.1 Å². The highest BCUT2D eigenvalue weighted by atomic mass is 35.5. The molecule has 0 fully saturated rings. The molecule has 0 saturated heterocycles. The van der Waals surface area contributed by atoms with Gasteiger partial charge >= 0.3 is 0 Å². The zero-order valence-corrected chi connectivity index (χ0v) is 17.6. The van der Waals surface area contributed by atoms with Crippen molar-refractivity contribution in [2.45, 2.75) is 19.3 Å². The van der Waals surface area contributed by atoms with Gasteiger partial charge in [-0.1, -0.05) is 80.0 Å². The molecule has 1 aromatic heterocycles. The Bertz CT molecular complexity index is 1650. The molecule has 5 aromatic rings. The third-order valence-electron chi connectivity index (χ3n) is 6.09. The highest BCUT2D eigenvalue weighted by Gasteiger charge is 2.36. The predicted molar refractivity (Wildman–Crippen MR) is 127 cm³/mol. The van der Waals surface area contributed by atoms with E-state index < -0.39 is 0 Å². The molecule has 140 valence electrons. The number of thiophene rings is 1. The molecule has 6 rings (SSSR count). The van der Waals surface area contributed by atoms with Crippen LogP contribution in [0.1, 0.15) is 30.5 Å². The van der Waals surface area contributed by atoms with E-state index >= 15 is 0 Å². The summed E-state index contributed by atoms with van der Waals surface area (Å²) in [5.74, 6) is 0. The Balaban J connectivity index is 1.70. The van der Waals surface area contributed by atoms with Crippen molar-refractivity contribution in [2.24, 2.45) is 0 Å². The fourth-order valence-corrected chi connectivity index (χ4v) is 6.06. The number of halogens is 1. The highest BCUT2D eigenvalue weighted by molar-refractivity contribution is 7.25. The Hall–Kier alpha value is -2.61. The van der Waals surface area contributed by atoms with Gasteiger partial charge in [-0.05, 0) is 52.1 Å². The molecule has 2 heteroatoms. The van der Waals surface area contributed by atoms with Crippen LogP contribution in [0.4, 0.5) is 0 Å². The van der Waals surface area contributed by atoms with Crippen molar-refractivity contribution < 1.29 is 5.48 Å². The lowest BCUT2D eigenvalue weighted by atomic mass is 9.81. The number of hydrogen-bond donors (Lipinski definition) is 0. The summed E-state index contributed by atoms with van der Waals surface area (Å²) >= 11 is 8.32. The van der Waals surface area contributed by atoms with Crippen molar-refractivity contribution in [3.8, 4) is 22.3 Å². The minimum atomic E-state index is -0.203. The Labute approximate surface area is 185 Å². The van der Waals surface area contributed by atoms with Gasteiger partial charge in [0.1, 0.15) is 0 Å². The molecule has 0 bridgehead atoms. The normalized spacial score (nSPS) is 16.2. The number of fused-ring (bicyclic) bond motifs is 6. The summed E-state index contributed by atoms with van der Waals surface area (Å²) in [6.45, 7) is 4.43. The van der Waals surface area contributed by atoms with E-state index in [-0.39, 0.29) is 29.6 Å². The first-order valence-electron chi connectivity index (χ1n) is 11.6. The topological polar surface area (TPSA) is 0 Å². The average molecular weight is 415 g/mol. The molecular weight excluding hydrogens is 392 g/mol. The Morgan fingerprint density at radius 1 is 0.862 bits per heavy atom. The van der Waals surface area contributed by atoms with Crippen LogP contribution in [-0.4, -0.2) is 0 Å². The van der Waals surface area contributed by atoms with Crippen LogP contribution in [0.2, 0.25) is 5.02 Å². The third-order valence-corrected chi connectivity index (χ3v) is 7.45. The molecule has 1 aliphatic carbocycles. The lowest BCUT2D eigenvalue weighted by molar-refractivity contribution is 0.660. The molecule has 4 aromatic carbocycles. The van der Waals surface area contributed by atoms with Gasteiger partial charge in [-0.3, -0.25) is 0 Å². The summed E-state index contributed by atoms with van der Waals surface area (Å²) in [7, 11) is 0. The van der Waals surface area contributed by atoms with Gasteiger partial charge in [0.25, 0.3) is 0 Å². The van der Waals surface area contributed by atoms with E-state index in [2.05, 4.69) is 38.1 Å². The maximum Gasteiger partial charge on any atom is 0.0638 e. The standard InChI is InChI=1S/C27H19ClS/c1-27(2)20-11-5-3-8-18(20)26-21(27)14-16(15-22(26)28)17-10-7-13-24-25(17)19-9-4-6-12-23(19)29-24/h3-15H,1-2H3/i4D,6D,9D,12D. The first kappa shape index (κ1) is 13.6. The van der Waals surface area contributed by atoms with Gasteiger partial charge in [0.2, 0.25) is 0 Å². The Morgan fingerprint density at radius 2 is 1.66 bits per heavy atom. The number of benzene rings is 4. The monoisotopic (exact) mass is 414 g/mol. The van der Waals surface area contributed by atoms with E-state index in [1.165, 1.54) is 28.0 Å². The molecule has 0 spiro atoms. The minimum Gasteiger partial charge on any atom is -0.135 e. The van der Waals surface area contributed by atoms with Crippen LogP contribution in [0.3, 0.4) is 0 Å². The largest absolute Gasteiger partial charge is 0.135 e. The SMILES string of the molecule is [2H]c1c([2H])c([2H])c2c(sc3cccc(-c4cc(Cl)c5c(c4)C(C)(C)c4ccccc4-5)c32)c1[2H]. The minimum absolute atomic E-state index is 0.00434. The molecule has 0 amide bonds. The lowest BCUT2D eigenvalue weighted by Crippen LogP contribution is -2.15. The van der Waals surface area contributed by atoms with Gasteiger partial charge in [-0.2, -0.15) is 0 Å². The maximum atomic E-state index is 8.59. The molecule has 0 unspecified atom stereocenters. The van der Waals surface area contributed by atoms with E-state index in [1.54, 1.807) is 0 Å². The summed E-state index contributed by atoms with van der Waals surface area (Å²) in [4.78, 5) is 0. The van der Waals surface area contributed by atoms with Crippen LogP contribution >= 0.6 is 22.9 Å². The van der Waals surface area contributed by atoms with Crippen LogP contribution in [0, 0.1) is 0 Å². The zero-order valence-electron chi connectivity index (χ0n) is 20.0. The van der Waals surface area contributed by atoms with E-state index in [9.17, 15) is 0 Å². The van der Waals surface area contributed by atoms with E-state index in [0.717, 1.165) is 26.8 Å². The lowest BCUT2D eigenvalue weighted by Gasteiger charge is -2.22. The number of hydrogen-bond acceptors (Lipinski definition) is 1. The average Bonchev–Trinajstić information content (AvgIpc) is 3.30. The van der Waals surface area contributed by atoms with Crippen LogP contribution < -0.4 is 0 Å². The molecule has 0 radical (unpaired) electrons. The van der Waals surface area contributed by atoms with Gasteiger partial charge in [0.05, 0.1) is 5.48 Å². The van der Waals surface area contributed by atoms with Crippen molar-refractivity contribution in [3.63, 3.8) is 0 Å². The number of rotatable bonds is 1. The fourth-order valence-electron chi connectivity index (χ4n) is 4.70. The Morgan fingerprint density at radius 3 is 2.55 bits per heavy atom. The summed E-state index contributed by atoms with van der Waals surface area (Å²) in [5, 5.41) is 2.13. The van der Waals surface area contributed by atoms with E-state index in [1.807, 2.05) is 30.3 Å². The summed E-state index contributed by atoms with van der Waals surface area (Å²) in [6.07, 6.45) is 0. The van der Waals surface area contributed by atoms with Crippen LogP contribution in [0.15, 0.2) is 78.8 Å². The second-order valence-corrected chi connectivity index (χ2v) is 9.50. The summed E-state index contributed by atoms with van der Waals surface area (Å²) < 4.78 is 34.8. The van der Waals surface area contributed by atoms with Crippen molar-refractivity contribution in [1.29, 1.82) is 0 Å². The van der Waals surface area contributed by atoms with Crippen LogP contribution in [-0.2, 0) is 5.41 Å². The van der Waals surface area contributed by atoms with Crippen LogP contribution in [0.5, 0.6) is 0 Å². The van der Waals surface area contributed by atoms with Crippen LogP contribution in [0.25, 0.3) is 42.4 Å². The maximum absolute atomic E-state index is 8.59. The molecule has 0 atom stereocenters. The molecule has 1 aliphatic rings. The van der Waals surface area contributed by atoms with Crippen molar-refractivity contribution in [3.05, 3.63) is 94.9 Å². The van der Waals surface area contributed by atoms with Gasteiger partial charge in [-0.15, -0.1) is 11.3 Å². The molecule has 29 heavy (non-hydrogen) atoms. The summed E-state index contributed by atoms with van der Waals surface area (Å²) in [5.41, 5.74) is 6.36. The molecule has 0 aliphatic heterocycles. The quantitative estimate of drug-likeness (QED) is 0.257. The van der Waals surface area contributed by atoms with Crippen molar-refractivity contribution in [1.82, 2.24) is 0 Å². The van der Waals surface area contributed by atoms with Gasteiger partial charge in [-0.25, -0.2) is 0 Å². The predicted octanol–water partition coefficient (Wildman–Crippen LogP) is 8.68. The van der Waals surface area contributed by atoms with Crippen molar-refractivity contribution in [2.75, 3.05) is 0 Å². The second-order valence-electron chi connectivity index (χ2n) is 8.04. The van der Waals surface area contributed by atoms with Gasteiger partial charge in [0.15, 0.2) is 0 Å². The molecule has 1 heterocycles. The molecule has 0 saturated carbocycles. The third kappa shape index (κ3) is 2.32.